The minimum Gasteiger partial charge on any atom is -0.393 e. The molecule has 0 aliphatic heterocycles. The Balaban J connectivity index is 1.68. The van der Waals surface area contributed by atoms with Crippen LogP contribution < -0.4 is 0 Å². The molecule has 0 aromatic heterocycles. The second-order valence-corrected chi connectivity index (χ2v) is 8.96. The molecule has 0 aromatic carbocycles. The summed E-state index contributed by atoms with van der Waals surface area (Å²) in [6.07, 6.45) is 12.0. The summed E-state index contributed by atoms with van der Waals surface area (Å²) in [7, 11) is 0. The fourth-order valence-corrected chi connectivity index (χ4v) is 6.73. The normalized spacial score (nSPS) is 51.4. The third-order valence-electron chi connectivity index (χ3n) is 8.15. The van der Waals surface area contributed by atoms with E-state index in [0.717, 1.165) is 37.5 Å². The van der Waals surface area contributed by atoms with Crippen LogP contribution in [0.3, 0.4) is 0 Å². The standard InChI is InChI=1S/C20H30O2/c1-19-10-8-14(21)12-13(19)6-7-15-16-4-3-5-18(22)20(16,2)11-9-17(15)19/h12,15-18,22H,3-11H2,1-2H3/t15-,16+,17-,18+,19-,20-/m1/s1. The smallest absolute Gasteiger partial charge is 0.155 e. The Morgan fingerprint density at radius 3 is 2.68 bits per heavy atom. The third-order valence-corrected chi connectivity index (χ3v) is 8.15. The first-order valence-electron chi connectivity index (χ1n) is 9.37. The van der Waals surface area contributed by atoms with Gasteiger partial charge in [0.05, 0.1) is 6.10 Å². The Morgan fingerprint density at radius 2 is 1.86 bits per heavy atom. The lowest BCUT2D eigenvalue weighted by atomic mass is 9.44. The molecule has 0 aromatic rings. The quantitative estimate of drug-likeness (QED) is 0.725. The first-order valence-corrected chi connectivity index (χ1v) is 9.37. The lowest BCUT2D eigenvalue weighted by molar-refractivity contribution is -0.133. The van der Waals surface area contributed by atoms with E-state index in [2.05, 4.69) is 13.8 Å². The van der Waals surface area contributed by atoms with Crippen molar-refractivity contribution < 1.29 is 9.90 Å². The van der Waals surface area contributed by atoms with E-state index in [0.29, 0.717) is 11.7 Å². The number of carbonyl (C=O) groups excluding carboxylic acids is 1. The zero-order chi connectivity index (χ0) is 15.5. The Morgan fingerprint density at radius 1 is 1.05 bits per heavy atom. The SMILES string of the molecule is C[C@@]12CC[C@@H]3[C@H](CCC4=CC(=O)CC[C@]43C)[C@@H]1CCC[C@@H]2O. The summed E-state index contributed by atoms with van der Waals surface area (Å²) in [6, 6.07) is 0. The molecule has 0 amide bonds. The van der Waals surface area contributed by atoms with Crippen molar-refractivity contribution in [3.8, 4) is 0 Å². The van der Waals surface area contributed by atoms with E-state index in [1.165, 1.54) is 37.7 Å². The summed E-state index contributed by atoms with van der Waals surface area (Å²) < 4.78 is 0. The Kier molecular flexibility index (Phi) is 3.35. The van der Waals surface area contributed by atoms with E-state index in [1.54, 1.807) is 0 Å². The van der Waals surface area contributed by atoms with Gasteiger partial charge in [0.15, 0.2) is 5.78 Å². The lowest BCUT2D eigenvalue weighted by Gasteiger charge is -2.61. The minimum absolute atomic E-state index is 0.0927. The predicted molar refractivity (Wildman–Crippen MR) is 87.3 cm³/mol. The second kappa shape index (κ2) is 4.93. The first kappa shape index (κ1) is 14.9. The van der Waals surface area contributed by atoms with Crippen molar-refractivity contribution >= 4 is 5.78 Å². The molecule has 2 nitrogen and oxygen atoms in total. The number of aliphatic hydroxyl groups is 1. The van der Waals surface area contributed by atoms with E-state index in [9.17, 15) is 9.90 Å². The fraction of sp³-hybridized carbons (Fsp3) is 0.850. The number of ketones is 1. The van der Waals surface area contributed by atoms with Gasteiger partial charge in [-0.3, -0.25) is 4.79 Å². The van der Waals surface area contributed by atoms with Gasteiger partial charge in [-0.25, -0.2) is 0 Å². The van der Waals surface area contributed by atoms with Crippen LogP contribution in [-0.4, -0.2) is 17.0 Å². The number of aliphatic hydroxyl groups excluding tert-OH is 1. The molecular formula is C20H30O2. The average molecular weight is 302 g/mol. The maximum Gasteiger partial charge on any atom is 0.155 e. The molecule has 0 heterocycles. The molecule has 4 aliphatic rings. The molecule has 2 heteroatoms. The van der Waals surface area contributed by atoms with Crippen molar-refractivity contribution in [2.45, 2.75) is 77.7 Å². The van der Waals surface area contributed by atoms with Crippen molar-refractivity contribution in [3.63, 3.8) is 0 Å². The molecule has 1 N–H and O–H groups in total. The van der Waals surface area contributed by atoms with E-state index >= 15 is 0 Å². The van der Waals surface area contributed by atoms with E-state index in [1.807, 2.05) is 6.08 Å². The van der Waals surface area contributed by atoms with Gasteiger partial charge >= 0.3 is 0 Å². The molecule has 4 rings (SSSR count). The van der Waals surface area contributed by atoms with Crippen LogP contribution in [0.2, 0.25) is 0 Å². The second-order valence-electron chi connectivity index (χ2n) is 8.96. The number of rotatable bonds is 0. The van der Waals surface area contributed by atoms with E-state index in [4.69, 9.17) is 0 Å². The lowest BCUT2D eigenvalue weighted by Crippen LogP contribution is -2.55. The predicted octanol–water partition coefficient (Wildman–Crippen LogP) is 4.27. The molecule has 22 heavy (non-hydrogen) atoms. The molecule has 0 radical (unpaired) electrons. The summed E-state index contributed by atoms with van der Waals surface area (Å²) >= 11 is 0. The molecule has 122 valence electrons. The first-order chi connectivity index (χ1) is 10.4. The molecule has 3 saturated carbocycles. The van der Waals surface area contributed by atoms with Crippen molar-refractivity contribution in [1.82, 2.24) is 0 Å². The molecule has 0 saturated heterocycles. The molecule has 0 bridgehead atoms. The van der Waals surface area contributed by atoms with Gasteiger partial charge in [0, 0.05) is 6.42 Å². The Hall–Kier alpha value is -0.630. The van der Waals surface area contributed by atoms with Crippen molar-refractivity contribution in [1.29, 1.82) is 0 Å². The Labute approximate surface area is 134 Å². The number of allylic oxidation sites excluding steroid dienone is 2. The van der Waals surface area contributed by atoms with Crippen LogP contribution in [0.5, 0.6) is 0 Å². The van der Waals surface area contributed by atoms with Gasteiger partial charge in [-0.15, -0.1) is 0 Å². The average Bonchev–Trinajstić information content (AvgIpc) is 2.49. The summed E-state index contributed by atoms with van der Waals surface area (Å²) in [5.41, 5.74) is 1.87. The van der Waals surface area contributed by atoms with Crippen molar-refractivity contribution in [2.24, 2.45) is 28.6 Å². The molecular weight excluding hydrogens is 272 g/mol. The fourth-order valence-electron chi connectivity index (χ4n) is 6.73. The number of fused-ring (bicyclic) bond motifs is 5. The highest BCUT2D eigenvalue weighted by atomic mass is 16.3. The van der Waals surface area contributed by atoms with Crippen LogP contribution in [0.4, 0.5) is 0 Å². The van der Waals surface area contributed by atoms with Crippen LogP contribution in [0.25, 0.3) is 0 Å². The molecule has 6 atom stereocenters. The number of hydrogen-bond donors (Lipinski definition) is 1. The highest BCUT2D eigenvalue weighted by molar-refractivity contribution is 5.91. The van der Waals surface area contributed by atoms with Crippen molar-refractivity contribution in [2.75, 3.05) is 0 Å². The van der Waals surface area contributed by atoms with Gasteiger partial charge in [-0.1, -0.05) is 25.8 Å². The van der Waals surface area contributed by atoms with Gasteiger partial charge in [-0.05, 0) is 79.6 Å². The van der Waals surface area contributed by atoms with Crippen LogP contribution in [0.15, 0.2) is 11.6 Å². The minimum atomic E-state index is -0.0927. The summed E-state index contributed by atoms with van der Waals surface area (Å²) in [6.45, 7) is 4.79. The van der Waals surface area contributed by atoms with Gasteiger partial charge < -0.3 is 5.11 Å². The number of hydrogen-bond acceptors (Lipinski definition) is 2. The monoisotopic (exact) mass is 302 g/mol. The summed E-state index contributed by atoms with van der Waals surface area (Å²) in [5.74, 6) is 2.55. The van der Waals surface area contributed by atoms with Gasteiger partial charge in [0.2, 0.25) is 0 Å². The van der Waals surface area contributed by atoms with Crippen LogP contribution >= 0.6 is 0 Å². The molecule has 4 aliphatic carbocycles. The van der Waals surface area contributed by atoms with Crippen LogP contribution in [0.1, 0.15) is 71.6 Å². The van der Waals surface area contributed by atoms with Gasteiger partial charge in [-0.2, -0.15) is 0 Å². The van der Waals surface area contributed by atoms with Crippen molar-refractivity contribution in [3.05, 3.63) is 11.6 Å². The van der Waals surface area contributed by atoms with Gasteiger partial charge in [0.1, 0.15) is 0 Å². The molecule has 0 spiro atoms. The molecule has 3 fully saturated rings. The zero-order valence-corrected chi connectivity index (χ0v) is 14.1. The van der Waals surface area contributed by atoms with E-state index in [-0.39, 0.29) is 16.9 Å². The topological polar surface area (TPSA) is 37.3 Å². The van der Waals surface area contributed by atoms with Gasteiger partial charge in [0.25, 0.3) is 0 Å². The molecule has 0 unspecified atom stereocenters. The Bertz CT molecular complexity index is 522. The summed E-state index contributed by atoms with van der Waals surface area (Å²) in [5, 5.41) is 10.6. The largest absolute Gasteiger partial charge is 0.393 e. The maximum atomic E-state index is 11.8. The number of carbonyl (C=O) groups is 1. The van der Waals surface area contributed by atoms with Crippen LogP contribution in [0, 0.1) is 28.6 Å². The zero-order valence-electron chi connectivity index (χ0n) is 14.1. The third kappa shape index (κ3) is 1.92. The van der Waals surface area contributed by atoms with Crippen LogP contribution in [-0.2, 0) is 4.79 Å². The highest BCUT2D eigenvalue weighted by Gasteiger charge is 2.57. The highest BCUT2D eigenvalue weighted by Crippen LogP contribution is 2.64. The maximum absolute atomic E-state index is 11.8. The summed E-state index contributed by atoms with van der Waals surface area (Å²) in [4.78, 5) is 11.8. The van der Waals surface area contributed by atoms with E-state index < -0.39 is 0 Å².